The van der Waals surface area contributed by atoms with E-state index in [2.05, 4.69) is 5.32 Å². The van der Waals surface area contributed by atoms with Crippen LogP contribution in [0.15, 0.2) is 48.5 Å². The lowest BCUT2D eigenvalue weighted by atomic mass is 10.2. The Hall–Kier alpha value is -3.48. The molecule has 0 aliphatic rings. The molecule has 2 aromatic rings. The molecular weight excluding hydrogens is 336 g/mol. The van der Waals surface area contributed by atoms with E-state index >= 15 is 0 Å². The summed E-state index contributed by atoms with van der Waals surface area (Å²) in [5.74, 6) is 0.852. The molecular formula is C19H20N2O5. The van der Waals surface area contributed by atoms with Gasteiger partial charge in [0.25, 0.3) is 5.91 Å². The fourth-order valence-electron chi connectivity index (χ4n) is 2.10. The molecule has 0 aliphatic carbocycles. The van der Waals surface area contributed by atoms with Crippen LogP contribution in [0.2, 0.25) is 0 Å². The van der Waals surface area contributed by atoms with Crippen molar-refractivity contribution in [3.05, 3.63) is 54.1 Å². The highest BCUT2D eigenvalue weighted by Crippen LogP contribution is 2.28. The molecule has 26 heavy (non-hydrogen) atoms. The zero-order chi connectivity index (χ0) is 18.9. The number of ether oxygens (including phenoxy) is 3. The maximum absolute atomic E-state index is 12.0. The van der Waals surface area contributed by atoms with Crippen molar-refractivity contribution in [2.24, 2.45) is 5.73 Å². The highest BCUT2D eigenvalue weighted by atomic mass is 16.5. The predicted octanol–water partition coefficient (Wildman–Crippen LogP) is 2.22. The smallest absolute Gasteiger partial charge is 0.255 e. The molecule has 0 heterocycles. The molecule has 0 aliphatic heterocycles. The highest BCUT2D eigenvalue weighted by molar-refractivity contribution is 6.02. The average molecular weight is 356 g/mol. The minimum absolute atomic E-state index is 0.195. The number of methoxy groups -OCH3 is 2. The molecule has 7 nitrogen and oxygen atoms in total. The molecule has 0 saturated carbocycles. The van der Waals surface area contributed by atoms with E-state index in [1.54, 1.807) is 56.7 Å². The molecule has 2 amide bonds. The summed E-state index contributed by atoms with van der Waals surface area (Å²) in [7, 11) is 3.11. The van der Waals surface area contributed by atoms with E-state index < -0.39 is 5.91 Å². The SMILES string of the molecule is COc1ccc(/C=C/C(=O)Nc2ccc(OCC(N)=O)cc2)cc1OC. The number of carbonyl (C=O) groups excluding carboxylic acids is 2. The Morgan fingerprint density at radius 3 is 2.35 bits per heavy atom. The third kappa shape index (κ3) is 5.55. The summed E-state index contributed by atoms with van der Waals surface area (Å²) >= 11 is 0. The third-order valence-corrected chi connectivity index (χ3v) is 3.34. The van der Waals surface area contributed by atoms with Crippen LogP contribution in [0, 0.1) is 0 Å². The molecule has 136 valence electrons. The van der Waals surface area contributed by atoms with Gasteiger partial charge in [-0.15, -0.1) is 0 Å². The lowest BCUT2D eigenvalue weighted by Crippen LogP contribution is -2.20. The van der Waals surface area contributed by atoms with Crippen LogP contribution in [0.25, 0.3) is 6.08 Å². The maximum atomic E-state index is 12.0. The summed E-state index contributed by atoms with van der Waals surface area (Å²) in [4.78, 5) is 22.7. The number of nitrogens with two attached hydrogens (primary N) is 1. The number of carbonyl (C=O) groups is 2. The monoisotopic (exact) mass is 356 g/mol. The van der Waals surface area contributed by atoms with Gasteiger partial charge in [-0.3, -0.25) is 9.59 Å². The van der Waals surface area contributed by atoms with E-state index in [-0.39, 0.29) is 12.5 Å². The summed E-state index contributed by atoms with van der Waals surface area (Å²) < 4.78 is 15.5. The first-order valence-corrected chi connectivity index (χ1v) is 7.74. The second-order valence-electron chi connectivity index (χ2n) is 5.22. The van der Waals surface area contributed by atoms with Gasteiger partial charge in [-0.2, -0.15) is 0 Å². The van der Waals surface area contributed by atoms with Gasteiger partial charge in [-0.1, -0.05) is 6.07 Å². The first-order valence-electron chi connectivity index (χ1n) is 7.74. The van der Waals surface area contributed by atoms with Crippen LogP contribution in [-0.2, 0) is 9.59 Å². The Labute approximate surface area is 151 Å². The second kappa shape index (κ2) is 9.12. The number of benzene rings is 2. The number of hydrogen-bond donors (Lipinski definition) is 2. The van der Waals surface area contributed by atoms with Gasteiger partial charge >= 0.3 is 0 Å². The Balaban J connectivity index is 1.95. The fourth-order valence-corrected chi connectivity index (χ4v) is 2.10. The molecule has 2 rings (SSSR count). The van der Waals surface area contributed by atoms with Gasteiger partial charge in [0.05, 0.1) is 14.2 Å². The van der Waals surface area contributed by atoms with Crippen LogP contribution >= 0.6 is 0 Å². The summed E-state index contributed by atoms with van der Waals surface area (Å²) in [6.07, 6.45) is 3.08. The van der Waals surface area contributed by atoms with Crippen molar-refractivity contribution in [3.8, 4) is 17.2 Å². The van der Waals surface area contributed by atoms with Crippen molar-refractivity contribution < 1.29 is 23.8 Å². The van der Waals surface area contributed by atoms with Gasteiger partial charge in [-0.05, 0) is 48.0 Å². The van der Waals surface area contributed by atoms with E-state index in [9.17, 15) is 9.59 Å². The van der Waals surface area contributed by atoms with Crippen molar-refractivity contribution >= 4 is 23.6 Å². The van der Waals surface area contributed by atoms with E-state index in [1.165, 1.54) is 6.08 Å². The first kappa shape index (κ1) is 18.9. The maximum Gasteiger partial charge on any atom is 0.255 e. The molecule has 0 radical (unpaired) electrons. The van der Waals surface area contributed by atoms with Gasteiger partial charge in [0, 0.05) is 11.8 Å². The van der Waals surface area contributed by atoms with E-state index in [1.807, 2.05) is 6.07 Å². The molecule has 0 aromatic heterocycles. The average Bonchev–Trinajstić information content (AvgIpc) is 2.65. The van der Waals surface area contributed by atoms with Gasteiger partial charge < -0.3 is 25.3 Å². The Kier molecular flexibility index (Phi) is 6.61. The number of amides is 2. The first-order chi connectivity index (χ1) is 12.5. The molecule has 0 unspecified atom stereocenters. The molecule has 0 saturated heterocycles. The van der Waals surface area contributed by atoms with Crippen molar-refractivity contribution in [2.75, 3.05) is 26.1 Å². The van der Waals surface area contributed by atoms with E-state index in [0.29, 0.717) is 22.9 Å². The predicted molar refractivity (Wildman–Crippen MR) is 98.3 cm³/mol. The van der Waals surface area contributed by atoms with Gasteiger partial charge in [0.1, 0.15) is 5.75 Å². The van der Waals surface area contributed by atoms with Gasteiger partial charge in [0.15, 0.2) is 18.1 Å². The lowest BCUT2D eigenvalue weighted by molar-refractivity contribution is -0.120. The summed E-state index contributed by atoms with van der Waals surface area (Å²) in [5.41, 5.74) is 6.40. The quantitative estimate of drug-likeness (QED) is 0.707. The number of nitrogens with one attached hydrogen (secondary N) is 1. The number of rotatable bonds is 8. The van der Waals surface area contributed by atoms with Gasteiger partial charge in [-0.25, -0.2) is 0 Å². The fraction of sp³-hybridized carbons (Fsp3) is 0.158. The van der Waals surface area contributed by atoms with Crippen LogP contribution in [-0.4, -0.2) is 32.6 Å². The third-order valence-electron chi connectivity index (χ3n) is 3.34. The Morgan fingerprint density at radius 2 is 1.73 bits per heavy atom. The van der Waals surface area contributed by atoms with Crippen molar-refractivity contribution in [3.63, 3.8) is 0 Å². The zero-order valence-electron chi connectivity index (χ0n) is 14.5. The molecule has 2 aromatic carbocycles. The Morgan fingerprint density at radius 1 is 1.04 bits per heavy atom. The molecule has 7 heteroatoms. The summed E-state index contributed by atoms with van der Waals surface area (Å²) in [6.45, 7) is -0.195. The minimum atomic E-state index is -0.553. The standard InChI is InChI=1S/C19H20N2O5/c1-24-16-9-3-13(11-17(16)25-2)4-10-19(23)21-14-5-7-15(8-6-14)26-12-18(20)22/h3-11H,12H2,1-2H3,(H2,20,22)(H,21,23)/b10-4+. The van der Waals surface area contributed by atoms with Crippen LogP contribution in [0.5, 0.6) is 17.2 Å². The van der Waals surface area contributed by atoms with Crippen LogP contribution in [0.1, 0.15) is 5.56 Å². The second-order valence-corrected chi connectivity index (χ2v) is 5.22. The molecule has 0 atom stereocenters. The number of hydrogen-bond acceptors (Lipinski definition) is 5. The van der Waals surface area contributed by atoms with Crippen LogP contribution < -0.4 is 25.3 Å². The highest BCUT2D eigenvalue weighted by Gasteiger charge is 2.04. The van der Waals surface area contributed by atoms with E-state index in [4.69, 9.17) is 19.9 Å². The number of primary amides is 1. The van der Waals surface area contributed by atoms with Crippen molar-refractivity contribution in [2.45, 2.75) is 0 Å². The van der Waals surface area contributed by atoms with Gasteiger partial charge in [0.2, 0.25) is 5.91 Å². The summed E-state index contributed by atoms with van der Waals surface area (Å²) in [5, 5.41) is 2.73. The van der Waals surface area contributed by atoms with Crippen LogP contribution in [0.4, 0.5) is 5.69 Å². The summed E-state index contributed by atoms with van der Waals surface area (Å²) in [6, 6.07) is 12.0. The molecule has 0 spiro atoms. The van der Waals surface area contributed by atoms with Crippen LogP contribution in [0.3, 0.4) is 0 Å². The number of anilines is 1. The van der Waals surface area contributed by atoms with Crippen molar-refractivity contribution in [1.82, 2.24) is 0 Å². The molecule has 0 bridgehead atoms. The molecule has 0 fully saturated rings. The Bertz CT molecular complexity index is 800. The van der Waals surface area contributed by atoms with E-state index in [0.717, 1.165) is 5.56 Å². The lowest BCUT2D eigenvalue weighted by Gasteiger charge is -2.07. The van der Waals surface area contributed by atoms with Crippen molar-refractivity contribution in [1.29, 1.82) is 0 Å². The normalized spacial score (nSPS) is 10.4. The largest absolute Gasteiger partial charge is 0.493 e. The molecule has 3 N–H and O–H groups in total. The zero-order valence-corrected chi connectivity index (χ0v) is 14.5. The minimum Gasteiger partial charge on any atom is -0.493 e. The topological polar surface area (TPSA) is 99.9 Å².